The molecule has 23 heavy (non-hydrogen) atoms. The molecule has 2 rings (SSSR count). The Kier molecular flexibility index (Phi) is 5.54. The second kappa shape index (κ2) is 7.60. The molecular formula is C17H20N2O4. The zero-order valence-electron chi connectivity index (χ0n) is 13.1. The standard InChI is InChI=1S/C17H20N2O4/c1-11-5-3-6-13(9-11)19-17(22)16(21)18-12(2)10-14(20)15-7-4-8-23-15/h3-9,12,14,20H,10H2,1-2H3,(H,18,21)(H,19,22). The normalized spacial score (nSPS) is 13.2. The van der Waals surface area contributed by atoms with Crippen LogP contribution in [0.3, 0.4) is 0 Å². The SMILES string of the molecule is Cc1cccc(NC(=O)C(=O)NC(C)CC(O)c2ccco2)c1. The van der Waals surface area contributed by atoms with Crippen molar-refractivity contribution in [3.63, 3.8) is 0 Å². The lowest BCUT2D eigenvalue weighted by Gasteiger charge is -2.16. The summed E-state index contributed by atoms with van der Waals surface area (Å²) in [5.74, 6) is -1.06. The van der Waals surface area contributed by atoms with E-state index < -0.39 is 17.9 Å². The van der Waals surface area contributed by atoms with E-state index in [9.17, 15) is 14.7 Å². The van der Waals surface area contributed by atoms with Gasteiger partial charge in [-0.3, -0.25) is 9.59 Å². The van der Waals surface area contributed by atoms with Crippen LogP contribution in [0, 0.1) is 6.92 Å². The Morgan fingerprint density at radius 2 is 2.00 bits per heavy atom. The van der Waals surface area contributed by atoms with Gasteiger partial charge in [0, 0.05) is 18.2 Å². The van der Waals surface area contributed by atoms with Gasteiger partial charge in [0.15, 0.2) is 0 Å². The lowest BCUT2D eigenvalue weighted by atomic mass is 10.1. The van der Waals surface area contributed by atoms with Crippen LogP contribution in [0.5, 0.6) is 0 Å². The first-order chi connectivity index (χ1) is 11.0. The molecule has 2 aromatic rings. The van der Waals surface area contributed by atoms with Gasteiger partial charge >= 0.3 is 11.8 Å². The fourth-order valence-corrected chi connectivity index (χ4v) is 2.19. The van der Waals surface area contributed by atoms with Crippen LogP contribution in [-0.4, -0.2) is 23.0 Å². The molecule has 1 heterocycles. The van der Waals surface area contributed by atoms with E-state index in [0.717, 1.165) is 5.56 Å². The summed E-state index contributed by atoms with van der Waals surface area (Å²) < 4.78 is 5.10. The quantitative estimate of drug-likeness (QED) is 0.737. The minimum absolute atomic E-state index is 0.247. The summed E-state index contributed by atoms with van der Waals surface area (Å²) in [4.78, 5) is 23.8. The third kappa shape index (κ3) is 4.96. The van der Waals surface area contributed by atoms with Gasteiger partial charge < -0.3 is 20.2 Å². The van der Waals surface area contributed by atoms with E-state index >= 15 is 0 Å². The Balaban J connectivity index is 1.84. The van der Waals surface area contributed by atoms with E-state index in [0.29, 0.717) is 11.4 Å². The zero-order chi connectivity index (χ0) is 16.8. The summed E-state index contributed by atoms with van der Waals surface area (Å²) in [7, 11) is 0. The van der Waals surface area contributed by atoms with Crippen LogP contribution in [0.1, 0.15) is 30.8 Å². The Morgan fingerprint density at radius 3 is 2.65 bits per heavy atom. The van der Waals surface area contributed by atoms with Crippen LogP contribution >= 0.6 is 0 Å². The van der Waals surface area contributed by atoms with E-state index in [1.165, 1.54) is 6.26 Å². The molecule has 122 valence electrons. The van der Waals surface area contributed by atoms with E-state index in [2.05, 4.69) is 10.6 Å². The first-order valence-corrected chi connectivity index (χ1v) is 7.35. The number of benzene rings is 1. The zero-order valence-corrected chi connectivity index (χ0v) is 13.1. The maximum atomic E-state index is 11.9. The van der Waals surface area contributed by atoms with Gasteiger partial charge in [-0.15, -0.1) is 0 Å². The molecule has 6 heteroatoms. The molecule has 0 spiro atoms. The molecule has 0 bridgehead atoms. The molecule has 1 aromatic carbocycles. The number of furan rings is 1. The first-order valence-electron chi connectivity index (χ1n) is 7.35. The third-order valence-corrected chi connectivity index (χ3v) is 3.31. The van der Waals surface area contributed by atoms with Gasteiger partial charge in [0.05, 0.1) is 6.26 Å². The number of aliphatic hydroxyl groups is 1. The highest BCUT2D eigenvalue weighted by atomic mass is 16.4. The number of rotatable bonds is 5. The van der Waals surface area contributed by atoms with Crippen molar-refractivity contribution in [1.82, 2.24) is 5.32 Å². The number of aryl methyl sites for hydroxylation is 1. The first kappa shape index (κ1) is 16.8. The van der Waals surface area contributed by atoms with Crippen LogP contribution in [0.2, 0.25) is 0 Å². The predicted octanol–water partition coefficient (Wildman–Crippen LogP) is 2.15. The van der Waals surface area contributed by atoms with E-state index in [1.807, 2.05) is 13.0 Å². The van der Waals surface area contributed by atoms with Gasteiger partial charge in [0.1, 0.15) is 11.9 Å². The second-order valence-electron chi connectivity index (χ2n) is 5.47. The molecule has 3 N–H and O–H groups in total. The topological polar surface area (TPSA) is 91.6 Å². The fourth-order valence-electron chi connectivity index (χ4n) is 2.19. The Morgan fingerprint density at radius 1 is 1.22 bits per heavy atom. The molecule has 0 radical (unpaired) electrons. The van der Waals surface area contributed by atoms with E-state index in [4.69, 9.17) is 4.42 Å². The number of hydrogen-bond donors (Lipinski definition) is 3. The summed E-state index contributed by atoms with van der Waals surface area (Å²) in [6, 6.07) is 10.1. The van der Waals surface area contributed by atoms with Crippen molar-refractivity contribution >= 4 is 17.5 Å². The maximum Gasteiger partial charge on any atom is 0.313 e. The van der Waals surface area contributed by atoms with Gasteiger partial charge in [-0.2, -0.15) is 0 Å². The molecular weight excluding hydrogens is 296 g/mol. The number of aliphatic hydroxyl groups excluding tert-OH is 1. The average molecular weight is 316 g/mol. The minimum atomic E-state index is -0.833. The molecule has 2 atom stereocenters. The van der Waals surface area contributed by atoms with Crippen LogP contribution in [0.25, 0.3) is 0 Å². The van der Waals surface area contributed by atoms with Gasteiger partial charge in [-0.1, -0.05) is 12.1 Å². The van der Waals surface area contributed by atoms with Crippen LogP contribution in [0.4, 0.5) is 5.69 Å². The van der Waals surface area contributed by atoms with Crippen molar-refractivity contribution < 1.29 is 19.1 Å². The summed E-state index contributed by atoms with van der Waals surface area (Å²) in [5, 5.41) is 15.0. The van der Waals surface area contributed by atoms with Gasteiger partial charge in [-0.25, -0.2) is 0 Å². The monoisotopic (exact) mass is 316 g/mol. The fraction of sp³-hybridized carbons (Fsp3) is 0.294. The van der Waals surface area contributed by atoms with Crippen molar-refractivity contribution in [3.05, 3.63) is 54.0 Å². The van der Waals surface area contributed by atoms with Crippen molar-refractivity contribution in [2.45, 2.75) is 32.4 Å². The van der Waals surface area contributed by atoms with E-state index in [-0.39, 0.29) is 12.5 Å². The van der Waals surface area contributed by atoms with Crippen LogP contribution < -0.4 is 10.6 Å². The number of hydrogen-bond acceptors (Lipinski definition) is 4. The number of carbonyl (C=O) groups is 2. The molecule has 1 aromatic heterocycles. The second-order valence-corrected chi connectivity index (χ2v) is 5.47. The summed E-state index contributed by atoms with van der Waals surface area (Å²) >= 11 is 0. The molecule has 0 fully saturated rings. The van der Waals surface area contributed by atoms with Crippen molar-refractivity contribution in [1.29, 1.82) is 0 Å². The number of carbonyl (C=O) groups excluding carboxylic acids is 2. The highest BCUT2D eigenvalue weighted by Crippen LogP contribution is 2.18. The van der Waals surface area contributed by atoms with Gasteiger partial charge in [0.2, 0.25) is 0 Å². The molecule has 2 amide bonds. The molecule has 0 saturated carbocycles. The molecule has 6 nitrogen and oxygen atoms in total. The molecule has 2 unspecified atom stereocenters. The Labute approximate surface area is 134 Å². The van der Waals surface area contributed by atoms with E-state index in [1.54, 1.807) is 37.3 Å². The van der Waals surface area contributed by atoms with Gasteiger partial charge in [-0.05, 0) is 43.7 Å². The smallest absolute Gasteiger partial charge is 0.313 e. The summed E-state index contributed by atoms with van der Waals surface area (Å²) in [5.41, 5.74) is 1.55. The Hall–Kier alpha value is -2.60. The van der Waals surface area contributed by atoms with Gasteiger partial charge in [0.25, 0.3) is 0 Å². The Bertz CT molecular complexity index is 667. The van der Waals surface area contributed by atoms with Crippen molar-refractivity contribution in [3.8, 4) is 0 Å². The highest BCUT2D eigenvalue weighted by molar-refractivity contribution is 6.39. The lowest BCUT2D eigenvalue weighted by Crippen LogP contribution is -2.41. The predicted molar refractivity (Wildman–Crippen MR) is 85.7 cm³/mol. The maximum absolute atomic E-state index is 11.9. The van der Waals surface area contributed by atoms with Crippen LogP contribution in [-0.2, 0) is 9.59 Å². The number of amides is 2. The molecule has 0 aliphatic rings. The highest BCUT2D eigenvalue weighted by Gasteiger charge is 2.20. The van der Waals surface area contributed by atoms with Crippen LogP contribution in [0.15, 0.2) is 47.1 Å². The third-order valence-electron chi connectivity index (χ3n) is 3.31. The molecule has 0 saturated heterocycles. The van der Waals surface area contributed by atoms with Crippen molar-refractivity contribution in [2.75, 3.05) is 5.32 Å². The summed E-state index contributed by atoms with van der Waals surface area (Å²) in [6.45, 7) is 3.61. The number of nitrogens with one attached hydrogen (secondary N) is 2. The largest absolute Gasteiger partial charge is 0.467 e. The summed E-state index contributed by atoms with van der Waals surface area (Å²) in [6.07, 6.45) is 0.883. The minimum Gasteiger partial charge on any atom is -0.467 e. The molecule has 0 aliphatic heterocycles. The van der Waals surface area contributed by atoms with Crippen molar-refractivity contribution in [2.24, 2.45) is 0 Å². The number of anilines is 1. The lowest BCUT2D eigenvalue weighted by molar-refractivity contribution is -0.136. The molecule has 0 aliphatic carbocycles. The average Bonchev–Trinajstić information content (AvgIpc) is 3.01.